The van der Waals surface area contributed by atoms with Crippen LogP contribution < -0.4 is 16.8 Å². The zero-order valence-corrected chi connectivity index (χ0v) is 12.6. The highest BCUT2D eigenvalue weighted by atomic mass is 35.5. The number of primary amides is 1. The molecular weight excluding hydrogens is 278 g/mol. The second-order valence-corrected chi connectivity index (χ2v) is 5.22. The topological polar surface area (TPSA) is 98.2 Å². The highest BCUT2D eigenvalue weighted by molar-refractivity contribution is 5.85. The van der Waals surface area contributed by atoms with Crippen LogP contribution in [-0.4, -0.2) is 18.4 Å². The van der Waals surface area contributed by atoms with Gasteiger partial charge in [-0.25, -0.2) is 0 Å². The number of halogens is 1. The van der Waals surface area contributed by atoms with Crippen LogP contribution in [-0.2, 0) is 16.0 Å². The van der Waals surface area contributed by atoms with Crippen molar-refractivity contribution in [3.8, 4) is 0 Å². The molecule has 5 N–H and O–H groups in total. The van der Waals surface area contributed by atoms with Crippen molar-refractivity contribution < 1.29 is 9.59 Å². The fourth-order valence-electron chi connectivity index (χ4n) is 1.51. The summed E-state index contributed by atoms with van der Waals surface area (Å²) < 4.78 is 0. The zero-order valence-electron chi connectivity index (χ0n) is 11.8. The molecular formula is C14H22ClN3O2. The minimum atomic E-state index is -0.735. The average molecular weight is 300 g/mol. The lowest BCUT2D eigenvalue weighted by molar-refractivity contribution is -0.127. The number of benzene rings is 1. The molecule has 0 saturated carbocycles. The van der Waals surface area contributed by atoms with E-state index < -0.39 is 11.3 Å². The van der Waals surface area contributed by atoms with Gasteiger partial charge in [-0.3, -0.25) is 9.59 Å². The van der Waals surface area contributed by atoms with Crippen molar-refractivity contribution >= 4 is 29.9 Å². The summed E-state index contributed by atoms with van der Waals surface area (Å²) in [5.74, 6) is -0.544. The summed E-state index contributed by atoms with van der Waals surface area (Å²) in [5.41, 5.74) is 11.9. The number of nitrogens with two attached hydrogens (primary N) is 2. The Hall–Kier alpha value is -1.75. The van der Waals surface area contributed by atoms with Crippen LogP contribution in [0.2, 0.25) is 0 Å². The van der Waals surface area contributed by atoms with Crippen LogP contribution in [0.5, 0.6) is 0 Å². The van der Waals surface area contributed by atoms with Crippen molar-refractivity contribution in [3.05, 3.63) is 29.8 Å². The van der Waals surface area contributed by atoms with Crippen LogP contribution in [0.25, 0.3) is 0 Å². The Labute approximate surface area is 125 Å². The van der Waals surface area contributed by atoms with Crippen molar-refractivity contribution in [1.29, 1.82) is 0 Å². The van der Waals surface area contributed by atoms with E-state index in [9.17, 15) is 9.59 Å². The lowest BCUT2D eigenvalue weighted by Gasteiger charge is -2.20. The summed E-state index contributed by atoms with van der Waals surface area (Å²) in [6.45, 7) is 3.64. The smallest absolute Gasteiger partial charge is 0.224 e. The van der Waals surface area contributed by atoms with Crippen molar-refractivity contribution in [3.63, 3.8) is 0 Å². The highest BCUT2D eigenvalue weighted by Crippen LogP contribution is 2.14. The Bertz CT molecular complexity index is 475. The Kier molecular flexibility index (Phi) is 7.07. The van der Waals surface area contributed by atoms with Crippen LogP contribution in [0.1, 0.15) is 25.8 Å². The number of aryl methyl sites for hydroxylation is 1. The second kappa shape index (κ2) is 7.75. The molecule has 0 heterocycles. The van der Waals surface area contributed by atoms with Gasteiger partial charge in [0.05, 0.1) is 5.41 Å². The lowest BCUT2D eigenvalue weighted by Crippen LogP contribution is -2.42. The van der Waals surface area contributed by atoms with E-state index in [1.54, 1.807) is 13.8 Å². The highest BCUT2D eigenvalue weighted by Gasteiger charge is 2.25. The van der Waals surface area contributed by atoms with Gasteiger partial charge in [0.1, 0.15) is 0 Å². The van der Waals surface area contributed by atoms with Crippen molar-refractivity contribution in [2.75, 3.05) is 12.3 Å². The van der Waals surface area contributed by atoms with Crippen LogP contribution in [0.15, 0.2) is 24.3 Å². The Morgan fingerprint density at radius 1 is 1.25 bits per heavy atom. The summed E-state index contributed by atoms with van der Waals surface area (Å²) >= 11 is 0. The van der Waals surface area contributed by atoms with Gasteiger partial charge in [-0.2, -0.15) is 0 Å². The minimum Gasteiger partial charge on any atom is -0.399 e. The number of carbonyl (C=O) groups is 2. The molecule has 0 aromatic heterocycles. The number of carbonyl (C=O) groups excluding carboxylic acids is 2. The number of rotatable bonds is 6. The molecule has 0 radical (unpaired) electrons. The van der Waals surface area contributed by atoms with Gasteiger partial charge in [-0.15, -0.1) is 12.4 Å². The fraction of sp³-hybridized carbons (Fsp3) is 0.429. The molecule has 0 spiro atoms. The molecule has 5 nitrogen and oxygen atoms in total. The number of hydrogen-bond acceptors (Lipinski definition) is 3. The van der Waals surface area contributed by atoms with Gasteiger partial charge < -0.3 is 16.8 Å². The molecule has 0 atom stereocenters. The third kappa shape index (κ3) is 5.48. The third-order valence-corrected chi connectivity index (χ3v) is 3.07. The summed E-state index contributed by atoms with van der Waals surface area (Å²) in [5, 5.41) is 2.71. The van der Waals surface area contributed by atoms with Gasteiger partial charge in [-0.1, -0.05) is 18.2 Å². The van der Waals surface area contributed by atoms with Crippen LogP contribution in [0.4, 0.5) is 5.69 Å². The van der Waals surface area contributed by atoms with E-state index in [1.165, 1.54) is 0 Å². The van der Waals surface area contributed by atoms with Crippen LogP contribution >= 0.6 is 12.4 Å². The molecule has 0 fully saturated rings. The Morgan fingerprint density at radius 3 is 2.40 bits per heavy atom. The van der Waals surface area contributed by atoms with E-state index in [-0.39, 0.29) is 24.9 Å². The maximum absolute atomic E-state index is 11.7. The molecule has 0 aliphatic heterocycles. The molecule has 1 aromatic carbocycles. The Morgan fingerprint density at radius 2 is 1.85 bits per heavy atom. The normalized spacial score (nSPS) is 10.5. The van der Waals surface area contributed by atoms with Crippen LogP contribution in [0.3, 0.4) is 0 Å². The molecule has 0 aliphatic rings. The molecule has 0 unspecified atom stereocenters. The summed E-state index contributed by atoms with van der Waals surface area (Å²) in [4.78, 5) is 22.8. The Balaban J connectivity index is 0.00000361. The van der Waals surface area contributed by atoms with Gasteiger partial charge in [0, 0.05) is 18.7 Å². The van der Waals surface area contributed by atoms with E-state index >= 15 is 0 Å². The summed E-state index contributed by atoms with van der Waals surface area (Å²) in [7, 11) is 0. The number of nitrogens with one attached hydrogen (secondary N) is 1. The number of anilines is 1. The van der Waals surface area contributed by atoms with Gasteiger partial charge >= 0.3 is 0 Å². The average Bonchev–Trinajstić information content (AvgIpc) is 2.35. The predicted molar refractivity (Wildman–Crippen MR) is 82.4 cm³/mol. The molecule has 6 heteroatoms. The summed E-state index contributed by atoms with van der Waals surface area (Å²) in [6.07, 6.45) is 0.915. The van der Waals surface area contributed by atoms with E-state index in [0.717, 1.165) is 5.56 Å². The number of para-hydroxylation sites is 1. The van der Waals surface area contributed by atoms with Gasteiger partial charge in [0.25, 0.3) is 0 Å². The van der Waals surface area contributed by atoms with E-state index in [2.05, 4.69) is 5.32 Å². The van der Waals surface area contributed by atoms with Gasteiger partial charge in [0.2, 0.25) is 11.8 Å². The quantitative estimate of drug-likeness (QED) is 0.689. The maximum Gasteiger partial charge on any atom is 0.224 e. The van der Waals surface area contributed by atoms with E-state index in [4.69, 9.17) is 11.5 Å². The van der Waals surface area contributed by atoms with E-state index in [0.29, 0.717) is 18.5 Å². The maximum atomic E-state index is 11.7. The van der Waals surface area contributed by atoms with Crippen molar-refractivity contribution in [1.82, 2.24) is 5.32 Å². The SMILES string of the molecule is CC(C)(CNC(=O)CCc1ccccc1N)C(N)=O.Cl. The fourth-order valence-corrected chi connectivity index (χ4v) is 1.51. The van der Waals surface area contributed by atoms with Gasteiger partial charge in [0.15, 0.2) is 0 Å². The number of nitrogen functional groups attached to an aromatic ring is 1. The van der Waals surface area contributed by atoms with Crippen molar-refractivity contribution in [2.24, 2.45) is 11.1 Å². The van der Waals surface area contributed by atoms with Gasteiger partial charge in [-0.05, 0) is 31.9 Å². The monoisotopic (exact) mass is 299 g/mol. The molecule has 1 aromatic rings. The minimum absolute atomic E-state index is 0. The first-order valence-electron chi connectivity index (χ1n) is 6.23. The van der Waals surface area contributed by atoms with Crippen LogP contribution in [0, 0.1) is 5.41 Å². The molecule has 0 saturated heterocycles. The second-order valence-electron chi connectivity index (χ2n) is 5.22. The molecule has 20 heavy (non-hydrogen) atoms. The first-order valence-corrected chi connectivity index (χ1v) is 6.23. The lowest BCUT2D eigenvalue weighted by atomic mass is 9.92. The zero-order chi connectivity index (χ0) is 14.5. The molecule has 0 aliphatic carbocycles. The third-order valence-electron chi connectivity index (χ3n) is 3.07. The van der Waals surface area contributed by atoms with Crippen molar-refractivity contribution in [2.45, 2.75) is 26.7 Å². The predicted octanol–water partition coefficient (Wildman–Crippen LogP) is 1.25. The summed E-state index contributed by atoms with van der Waals surface area (Å²) in [6, 6.07) is 7.45. The number of amides is 2. The molecule has 2 amide bonds. The first kappa shape index (κ1) is 18.2. The standard InChI is InChI=1S/C14H21N3O2.ClH/c1-14(2,13(16)19)9-17-12(18)8-7-10-5-3-4-6-11(10)15;/h3-6H,7-9,15H2,1-2H3,(H2,16,19)(H,17,18);1H. The largest absolute Gasteiger partial charge is 0.399 e. The van der Waals surface area contributed by atoms with E-state index in [1.807, 2.05) is 24.3 Å². The molecule has 0 bridgehead atoms. The molecule has 1 rings (SSSR count). The molecule has 112 valence electrons. The first-order chi connectivity index (χ1) is 8.83. The number of hydrogen-bond donors (Lipinski definition) is 3.